The second kappa shape index (κ2) is 11.9. The van der Waals surface area contributed by atoms with E-state index < -0.39 is 0 Å². The van der Waals surface area contributed by atoms with Crippen molar-refractivity contribution in [2.24, 2.45) is 11.8 Å². The van der Waals surface area contributed by atoms with Gasteiger partial charge in [-0.25, -0.2) is 0 Å². The van der Waals surface area contributed by atoms with E-state index in [9.17, 15) is 9.59 Å². The molecule has 0 spiro atoms. The number of nitrogens with zero attached hydrogens (tertiary/aromatic N) is 2. The van der Waals surface area contributed by atoms with Crippen LogP contribution >= 0.6 is 11.3 Å². The molecule has 184 valence electrons. The Kier molecular flexibility index (Phi) is 8.65. The van der Waals surface area contributed by atoms with E-state index >= 15 is 0 Å². The van der Waals surface area contributed by atoms with Crippen molar-refractivity contribution in [2.45, 2.75) is 63.8 Å². The van der Waals surface area contributed by atoms with Crippen molar-refractivity contribution in [1.82, 2.24) is 9.80 Å². The Bertz CT molecular complexity index is 931. The van der Waals surface area contributed by atoms with Crippen LogP contribution in [0.2, 0.25) is 0 Å². The largest absolute Gasteiger partial charge is 0.497 e. The number of likely N-dealkylation sites (tertiary alicyclic amines) is 1. The molecule has 1 aliphatic heterocycles. The van der Waals surface area contributed by atoms with Crippen LogP contribution in [0.3, 0.4) is 0 Å². The van der Waals surface area contributed by atoms with Crippen LogP contribution in [0.25, 0.3) is 0 Å². The van der Waals surface area contributed by atoms with Crippen LogP contribution in [0.1, 0.15) is 67.3 Å². The Morgan fingerprint density at radius 2 is 1.88 bits per heavy atom. The smallest absolute Gasteiger partial charge is 0.254 e. The van der Waals surface area contributed by atoms with E-state index in [1.54, 1.807) is 18.4 Å². The molecule has 0 bridgehead atoms. The van der Waals surface area contributed by atoms with Crippen molar-refractivity contribution in [1.29, 1.82) is 0 Å². The molecule has 2 heterocycles. The number of carbonyl (C=O) groups excluding carboxylic acids is 2. The van der Waals surface area contributed by atoms with Crippen molar-refractivity contribution in [3.05, 3.63) is 52.2 Å². The average Bonchev–Trinajstić information content (AvgIpc) is 3.42. The molecule has 1 aromatic heterocycles. The van der Waals surface area contributed by atoms with Crippen LogP contribution in [0.5, 0.6) is 5.75 Å². The summed E-state index contributed by atoms with van der Waals surface area (Å²) in [5, 5.41) is 3.88. The predicted octanol–water partition coefficient (Wildman–Crippen LogP) is 5.65. The van der Waals surface area contributed by atoms with Crippen LogP contribution < -0.4 is 4.74 Å². The number of rotatable bonds is 8. The van der Waals surface area contributed by atoms with E-state index in [-0.39, 0.29) is 11.9 Å². The molecule has 1 unspecified atom stereocenters. The molecule has 0 radical (unpaired) electrons. The summed E-state index contributed by atoms with van der Waals surface area (Å²) in [7, 11) is 3.62. The Morgan fingerprint density at radius 1 is 1.12 bits per heavy atom. The van der Waals surface area contributed by atoms with Gasteiger partial charge in [0.25, 0.3) is 5.91 Å². The second-order valence-corrected chi connectivity index (χ2v) is 10.8. The summed E-state index contributed by atoms with van der Waals surface area (Å²) in [5.41, 5.74) is 1.92. The van der Waals surface area contributed by atoms with Gasteiger partial charge in [0.15, 0.2) is 0 Å². The summed E-state index contributed by atoms with van der Waals surface area (Å²) in [6, 6.07) is 10.1. The van der Waals surface area contributed by atoms with Crippen LogP contribution in [0.4, 0.5) is 0 Å². The molecule has 2 amide bonds. The minimum atomic E-state index is 0.0740. The van der Waals surface area contributed by atoms with Gasteiger partial charge >= 0.3 is 0 Å². The molecular formula is C28H38N2O3S. The van der Waals surface area contributed by atoms with Crippen LogP contribution in [0.15, 0.2) is 41.1 Å². The lowest BCUT2D eigenvalue weighted by atomic mass is 9.83. The molecule has 1 saturated heterocycles. The normalized spacial score (nSPS) is 18.5. The van der Waals surface area contributed by atoms with E-state index in [1.807, 2.05) is 40.9 Å². The Balaban J connectivity index is 1.43. The Labute approximate surface area is 208 Å². The first-order chi connectivity index (χ1) is 16.5. The van der Waals surface area contributed by atoms with Gasteiger partial charge in [0, 0.05) is 38.0 Å². The SMILES string of the molecule is COc1cccc(CC(C2CCN(C(=O)CC3CCCCC3)CC2)N(C)C(=O)c2ccsc2)c1. The second-order valence-electron chi connectivity index (χ2n) is 9.98. The van der Waals surface area contributed by atoms with Gasteiger partial charge in [-0.05, 0) is 73.1 Å². The Hall–Kier alpha value is -2.34. The highest BCUT2D eigenvalue weighted by molar-refractivity contribution is 7.08. The van der Waals surface area contributed by atoms with E-state index in [4.69, 9.17) is 4.74 Å². The molecular weight excluding hydrogens is 444 g/mol. The lowest BCUT2D eigenvalue weighted by molar-refractivity contribution is -0.134. The Morgan fingerprint density at radius 3 is 2.56 bits per heavy atom. The number of thiophene rings is 1. The molecule has 1 aliphatic carbocycles. The fourth-order valence-corrected chi connectivity index (χ4v) is 6.33. The maximum absolute atomic E-state index is 13.2. The molecule has 2 aromatic rings. The summed E-state index contributed by atoms with van der Waals surface area (Å²) < 4.78 is 5.43. The monoisotopic (exact) mass is 482 g/mol. The van der Waals surface area contributed by atoms with E-state index in [1.165, 1.54) is 37.7 Å². The van der Waals surface area contributed by atoms with E-state index in [2.05, 4.69) is 17.0 Å². The number of methoxy groups -OCH3 is 1. The number of ether oxygens (including phenoxy) is 1. The summed E-state index contributed by atoms with van der Waals surface area (Å²) >= 11 is 1.55. The lowest BCUT2D eigenvalue weighted by Crippen LogP contribution is -2.48. The van der Waals surface area contributed by atoms with Gasteiger partial charge < -0.3 is 14.5 Å². The third-order valence-electron chi connectivity index (χ3n) is 7.79. The highest BCUT2D eigenvalue weighted by Gasteiger charge is 2.33. The number of hydrogen-bond donors (Lipinski definition) is 0. The van der Waals surface area contributed by atoms with Crippen LogP contribution in [-0.4, -0.2) is 54.9 Å². The summed E-state index contributed by atoms with van der Waals surface area (Å²) in [4.78, 5) is 30.2. The van der Waals surface area contributed by atoms with Gasteiger partial charge in [0.05, 0.1) is 12.7 Å². The number of benzene rings is 1. The quantitative estimate of drug-likeness (QED) is 0.489. The number of hydrogen-bond acceptors (Lipinski definition) is 4. The summed E-state index contributed by atoms with van der Waals surface area (Å²) in [5.74, 6) is 2.18. The topological polar surface area (TPSA) is 49.9 Å². The van der Waals surface area contributed by atoms with Gasteiger partial charge in [0.2, 0.25) is 5.91 Å². The first-order valence-corrected chi connectivity index (χ1v) is 13.7. The van der Waals surface area contributed by atoms with Crippen molar-refractivity contribution < 1.29 is 14.3 Å². The third kappa shape index (κ3) is 6.21. The van der Waals surface area contributed by atoms with Crippen molar-refractivity contribution in [3.8, 4) is 5.75 Å². The van der Waals surface area contributed by atoms with Crippen LogP contribution in [0, 0.1) is 11.8 Å². The summed E-state index contributed by atoms with van der Waals surface area (Å²) in [6.07, 6.45) is 9.66. The molecule has 2 aliphatic rings. The molecule has 1 aromatic carbocycles. The minimum absolute atomic E-state index is 0.0740. The molecule has 34 heavy (non-hydrogen) atoms. The summed E-state index contributed by atoms with van der Waals surface area (Å²) in [6.45, 7) is 1.59. The predicted molar refractivity (Wildman–Crippen MR) is 137 cm³/mol. The van der Waals surface area contributed by atoms with Gasteiger partial charge in [-0.3, -0.25) is 9.59 Å². The highest BCUT2D eigenvalue weighted by Crippen LogP contribution is 2.31. The van der Waals surface area contributed by atoms with Crippen molar-refractivity contribution >= 4 is 23.2 Å². The standard InChI is InChI=1S/C28H38N2O3S/c1-29(28(32)24-13-16-34-20-24)26(18-22-9-6-10-25(17-22)33-2)23-11-14-30(15-12-23)27(31)19-21-7-4-3-5-8-21/h6,9-10,13,16-17,20-21,23,26H,3-5,7-8,11-12,14-15,18-19H2,1-2H3. The van der Waals surface area contributed by atoms with E-state index in [0.29, 0.717) is 24.2 Å². The maximum atomic E-state index is 13.2. The lowest BCUT2D eigenvalue weighted by Gasteiger charge is -2.40. The molecule has 1 saturated carbocycles. The number of amides is 2. The number of likely N-dealkylation sites (N-methyl/N-ethyl adjacent to an activating group) is 1. The zero-order chi connectivity index (χ0) is 23.9. The van der Waals surface area contributed by atoms with Gasteiger partial charge in [-0.2, -0.15) is 11.3 Å². The maximum Gasteiger partial charge on any atom is 0.254 e. The highest BCUT2D eigenvalue weighted by atomic mass is 32.1. The fraction of sp³-hybridized carbons (Fsp3) is 0.571. The molecule has 4 rings (SSSR count). The van der Waals surface area contributed by atoms with Crippen molar-refractivity contribution in [2.75, 3.05) is 27.2 Å². The molecule has 2 fully saturated rings. The zero-order valence-electron chi connectivity index (χ0n) is 20.6. The molecule has 0 N–H and O–H groups in total. The zero-order valence-corrected chi connectivity index (χ0v) is 21.4. The van der Waals surface area contributed by atoms with E-state index in [0.717, 1.165) is 43.7 Å². The third-order valence-corrected chi connectivity index (χ3v) is 8.47. The molecule has 5 nitrogen and oxygen atoms in total. The van der Waals surface area contributed by atoms with Crippen LogP contribution in [-0.2, 0) is 11.2 Å². The fourth-order valence-electron chi connectivity index (χ4n) is 5.70. The number of piperidine rings is 1. The number of carbonyl (C=O) groups is 2. The first-order valence-electron chi connectivity index (χ1n) is 12.7. The van der Waals surface area contributed by atoms with Gasteiger partial charge in [-0.1, -0.05) is 31.4 Å². The van der Waals surface area contributed by atoms with Gasteiger partial charge in [0.1, 0.15) is 5.75 Å². The molecule has 6 heteroatoms. The average molecular weight is 483 g/mol. The van der Waals surface area contributed by atoms with Gasteiger partial charge in [-0.15, -0.1) is 0 Å². The first kappa shape index (κ1) is 24.8. The van der Waals surface area contributed by atoms with Crippen molar-refractivity contribution in [3.63, 3.8) is 0 Å². The molecule has 1 atom stereocenters. The minimum Gasteiger partial charge on any atom is -0.497 e.